The van der Waals surface area contributed by atoms with Gasteiger partial charge >= 0.3 is 0 Å². The third-order valence-electron chi connectivity index (χ3n) is 3.98. The zero-order chi connectivity index (χ0) is 13.4. The van der Waals surface area contributed by atoms with Crippen molar-refractivity contribution in [1.29, 1.82) is 0 Å². The Hall–Kier alpha value is -0.0800. The molecule has 1 fully saturated rings. The predicted octanol–water partition coefficient (Wildman–Crippen LogP) is 4.30. The highest BCUT2D eigenvalue weighted by Gasteiger charge is 2.44. The molecule has 0 aliphatic carbocycles. The lowest BCUT2D eigenvalue weighted by Gasteiger charge is -2.10. The summed E-state index contributed by atoms with van der Waals surface area (Å²) in [5.41, 5.74) is 0. The highest BCUT2D eigenvalue weighted by atomic mass is 16.6. The molecule has 0 radical (unpaired) electrons. The summed E-state index contributed by atoms with van der Waals surface area (Å²) in [6.45, 7) is 6.37. The molecule has 0 aromatic heterocycles. The van der Waals surface area contributed by atoms with E-state index >= 15 is 0 Å². The molecule has 108 valence electrons. The average Bonchev–Trinajstić information content (AvgIpc) is 3.11. The van der Waals surface area contributed by atoms with Crippen molar-refractivity contribution in [3.8, 4) is 0 Å². The molecule has 0 amide bonds. The van der Waals surface area contributed by atoms with Crippen molar-refractivity contribution < 1.29 is 9.84 Å². The smallest absolute Gasteiger partial charge is 0.110 e. The summed E-state index contributed by atoms with van der Waals surface area (Å²) in [6, 6.07) is 0. The Morgan fingerprint density at radius 3 is 2.06 bits per heavy atom. The van der Waals surface area contributed by atoms with Crippen molar-refractivity contribution in [2.75, 3.05) is 0 Å². The predicted molar refractivity (Wildman–Crippen MR) is 76.7 cm³/mol. The van der Waals surface area contributed by atoms with Gasteiger partial charge in [-0.2, -0.15) is 0 Å². The van der Waals surface area contributed by atoms with Crippen molar-refractivity contribution in [3.63, 3.8) is 0 Å². The largest absolute Gasteiger partial charge is 0.390 e. The van der Waals surface area contributed by atoms with Crippen molar-refractivity contribution in [2.24, 2.45) is 5.92 Å². The lowest BCUT2D eigenvalue weighted by atomic mass is 10.00. The summed E-state index contributed by atoms with van der Waals surface area (Å²) >= 11 is 0. The van der Waals surface area contributed by atoms with E-state index in [-0.39, 0.29) is 12.2 Å². The molecule has 0 aromatic carbocycles. The van der Waals surface area contributed by atoms with E-state index in [4.69, 9.17) is 4.74 Å². The molecule has 1 aliphatic rings. The van der Waals surface area contributed by atoms with E-state index in [1.165, 1.54) is 51.4 Å². The number of hydrogen-bond acceptors (Lipinski definition) is 2. The molecule has 18 heavy (non-hydrogen) atoms. The molecule has 1 heterocycles. The van der Waals surface area contributed by atoms with E-state index in [1.807, 2.05) is 0 Å². The highest BCUT2D eigenvalue weighted by Crippen LogP contribution is 2.32. The van der Waals surface area contributed by atoms with Gasteiger partial charge in [0.15, 0.2) is 0 Å². The number of aliphatic hydroxyl groups excluding tert-OH is 1. The number of rotatable bonds is 11. The van der Waals surface area contributed by atoms with Gasteiger partial charge in [0.25, 0.3) is 0 Å². The zero-order valence-electron chi connectivity index (χ0n) is 12.5. The number of hydrogen-bond donors (Lipinski definition) is 1. The van der Waals surface area contributed by atoms with Gasteiger partial charge in [0.05, 0.1) is 12.2 Å². The monoisotopic (exact) mass is 256 g/mol. The summed E-state index contributed by atoms with van der Waals surface area (Å²) in [6.07, 6.45) is 12.3. The Morgan fingerprint density at radius 2 is 1.50 bits per heavy atom. The van der Waals surface area contributed by atoms with E-state index in [0.29, 0.717) is 12.0 Å². The van der Waals surface area contributed by atoms with Crippen LogP contribution in [0.25, 0.3) is 0 Å². The first-order valence-electron chi connectivity index (χ1n) is 8.00. The number of aliphatic hydroxyl groups is 1. The molecule has 1 rings (SSSR count). The van der Waals surface area contributed by atoms with Gasteiger partial charge in [-0.05, 0) is 12.3 Å². The zero-order valence-corrected chi connectivity index (χ0v) is 12.5. The fourth-order valence-electron chi connectivity index (χ4n) is 2.55. The second-order valence-electron chi connectivity index (χ2n) is 6.14. The second kappa shape index (κ2) is 8.92. The van der Waals surface area contributed by atoms with Crippen molar-refractivity contribution in [1.82, 2.24) is 0 Å². The Balaban J connectivity index is 1.85. The summed E-state index contributed by atoms with van der Waals surface area (Å²) in [5.74, 6) is 0.318. The first-order valence-corrected chi connectivity index (χ1v) is 8.00. The minimum Gasteiger partial charge on any atom is -0.390 e. The van der Waals surface area contributed by atoms with Crippen LogP contribution >= 0.6 is 0 Å². The number of unbranched alkanes of at least 4 members (excludes halogenated alkanes) is 7. The molecule has 0 saturated carbocycles. The summed E-state index contributed by atoms with van der Waals surface area (Å²) < 4.78 is 5.55. The third-order valence-corrected chi connectivity index (χ3v) is 3.98. The fraction of sp³-hybridized carbons (Fsp3) is 1.00. The normalized spacial score (nSPS) is 24.5. The van der Waals surface area contributed by atoms with Crippen molar-refractivity contribution in [3.05, 3.63) is 0 Å². The van der Waals surface area contributed by atoms with E-state index in [1.54, 1.807) is 0 Å². The maximum absolute atomic E-state index is 9.83. The Bertz CT molecular complexity index is 203. The molecule has 2 heteroatoms. The minimum atomic E-state index is -0.260. The van der Waals surface area contributed by atoms with Crippen LogP contribution in [0, 0.1) is 5.92 Å². The molecule has 1 saturated heterocycles. The molecular weight excluding hydrogens is 224 g/mol. The first-order chi connectivity index (χ1) is 8.66. The molecule has 0 spiro atoms. The second-order valence-corrected chi connectivity index (χ2v) is 6.14. The van der Waals surface area contributed by atoms with Crippen LogP contribution in [0.15, 0.2) is 0 Å². The van der Waals surface area contributed by atoms with Gasteiger partial charge in [-0.3, -0.25) is 0 Å². The minimum absolute atomic E-state index is 0.134. The third kappa shape index (κ3) is 6.19. The molecule has 1 N–H and O–H groups in total. The van der Waals surface area contributed by atoms with E-state index < -0.39 is 0 Å². The van der Waals surface area contributed by atoms with Crippen LogP contribution in [-0.2, 0) is 4.74 Å². The van der Waals surface area contributed by atoms with Gasteiger partial charge in [0.2, 0.25) is 0 Å². The maximum Gasteiger partial charge on any atom is 0.110 e. The lowest BCUT2D eigenvalue weighted by molar-refractivity contribution is 0.0922. The lowest BCUT2D eigenvalue weighted by Crippen LogP contribution is -2.23. The Morgan fingerprint density at radius 1 is 0.944 bits per heavy atom. The Labute approximate surface area is 113 Å². The molecule has 3 atom stereocenters. The van der Waals surface area contributed by atoms with E-state index in [2.05, 4.69) is 20.8 Å². The topological polar surface area (TPSA) is 32.8 Å². The van der Waals surface area contributed by atoms with Crippen LogP contribution in [0.5, 0.6) is 0 Å². The van der Waals surface area contributed by atoms with Crippen molar-refractivity contribution in [2.45, 2.75) is 96.9 Å². The Kier molecular flexibility index (Phi) is 7.92. The van der Waals surface area contributed by atoms with Crippen LogP contribution in [0.3, 0.4) is 0 Å². The molecule has 0 bridgehead atoms. The maximum atomic E-state index is 9.83. The van der Waals surface area contributed by atoms with Crippen LogP contribution < -0.4 is 0 Å². The van der Waals surface area contributed by atoms with E-state index in [0.717, 1.165) is 6.42 Å². The molecule has 0 unspecified atom stereocenters. The van der Waals surface area contributed by atoms with Gasteiger partial charge in [-0.25, -0.2) is 0 Å². The average molecular weight is 256 g/mol. The van der Waals surface area contributed by atoms with Gasteiger partial charge in [-0.15, -0.1) is 0 Å². The molecule has 2 nitrogen and oxygen atoms in total. The van der Waals surface area contributed by atoms with Gasteiger partial charge < -0.3 is 9.84 Å². The quantitative estimate of drug-likeness (QED) is 0.441. The highest BCUT2D eigenvalue weighted by molar-refractivity contribution is 4.91. The van der Waals surface area contributed by atoms with Gasteiger partial charge in [0.1, 0.15) is 6.10 Å². The van der Waals surface area contributed by atoms with Crippen LogP contribution in [0.2, 0.25) is 0 Å². The molecular formula is C16H32O2. The SMILES string of the molecule is CCCCCCCCCC[C@H]1O[C@@H]1[C@H](O)C(C)C. The summed E-state index contributed by atoms with van der Waals surface area (Å²) in [7, 11) is 0. The number of ether oxygens (including phenoxy) is 1. The van der Waals surface area contributed by atoms with Crippen molar-refractivity contribution >= 4 is 0 Å². The van der Waals surface area contributed by atoms with Crippen LogP contribution in [0.4, 0.5) is 0 Å². The van der Waals surface area contributed by atoms with Crippen LogP contribution in [0.1, 0.15) is 78.6 Å². The standard InChI is InChI=1S/C16H32O2/c1-4-5-6-7-8-9-10-11-12-14-16(18-14)15(17)13(2)3/h13-17H,4-12H2,1-3H3/t14-,15-,16+/m1/s1. The fourth-order valence-corrected chi connectivity index (χ4v) is 2.55. The number of epoxide rings is 1. The van der Waals surface area contributed by atoms with Gasteiger partial charge in [0, 0.05) is 0 Å². The van der Waals surface area contributed by atoms with Gasteiger partial charge in [-0.1, -0.05) is 72.1 Å². The first kappa shape index (κ1) is 16.0. The molecule has 0 aromatic rings. The molecule has 1 aliphatic heterocycles. The van der Waals surface area contributed by atoms with E-state index in [9.17, 15) is 5.11 Å². The summed E-state index contributed by atoms with van der Waals surface area (Å²) in [5, 5.41) is 9.83. The van der Waals surface area contributed by atoms with Crippen LogP contribution in [-0.4, -0.2) is 23.4 Å². The summed E-state index contributed by atoms with van der Waals surface area (Å²) in [4.78, 5) is 0.